The summed E-state index contributed by atoms with van der Waals surface area (Å²) in [4.78, 5) is 13.1. The lowest BCUT2D eigenvalue weighted by Gasteiger charge is -2.14. The molecule has 0 bridgehead atoms. The standard InChI is InChI=1S/C24H26N6O3S/c1-15-8-21(22(12-25-15)33-13-18-5-7-34(31,32)14-18)19-4-6-30-20(10-19)11-24(29-30)28-23-9-16(2)26-17(3)27-23/h4,6,8-12,18H,5,7,13-14H2,1-3H3,(H,26,27,28,29)/t18-/m0/s1. The fourth-order valence-corrected chi connectivity index (χ4v) is 6.07. The maximum absolute atomic E-state index is 11.8. The van der Waals surface area contributed by atoms with Crippen molar-refractivity contribution in [3.8, 4) is 16.9 Å². The van der Waals surface area contributed by atoms with Crippen molar-refractivity contribution in [2.75, 3.05) is 23.4 Å². The minimum atomic E-state index is -2.94. The maximum atomic E-state index is 11.8. The predicted octanol–water partition coefficient (Wildman–Crippen LogP) is 3.67. The van der Waals surface area contributed by atoms with Crippen molar-refractivity contribution in [2.24, 2.45) is 5.92 Å². The summed E-state index contributed by atoms with van der Waals surface area (Å²) >= 11 is 0. The average molecular weight is 479 g/mol. The summed E-state index contributed by atoms with van der Waals surface area (Å²) in [5.74, 6) is 3.16. The molecule has 34 heavy (non-hydrogen) atoms. The molecule has 5 heterocycles. The minimum absolute atomic E-state index is 0.0131. The Bertz CT molecular complexity index is 1460. The Morgan fingerprint density at radius 1 is 1.09 bits per heavy atom. The molecule has 1 aliphatic rings. The highest BCUT2D eigenvalue weighted by molar-refractivity contribution is 7.91. The van der Waals surface area contributed by atoms with Crippen LogP contribution in [-0.2, 0) is 9.84 Å². The Kier molecular flexibility index (Phi) is 5.68. The predicted molar refractivity (Wildman–Crippen MR) is 130 cm³/mol. The summed E-state index contributed by atoms with van der Waals surface area (Å²) in [6.45, 7) is 6.08. The van der Waals surface area contributed by atoms with Crippen LogP contribution in [0.4, 0.5) is 11.6 Å². The van der Waals surface area contributed by atoms with Crippen molar-refractivity contribution in [3.63, 3.8) is 0 Å². The van der Waals surface area contributed by atoms with Crippen LogP contribution in [0.15, 0.2) is 42.7 Å². The Morgan fingerprint density at radius 3 is 2.71 bits per heavy atom. The van der Waals surface area contributed by atoms with Crippen LogP contribution in [0, 0.1) is 26.7 Å². The molecule has 0 radical (unpaired) electrons. The number of aryl methyl sites for hydroxylation is 3. The summed E-state index contributed by atoms with van der Waals surface area (Å²) in [5, 5.41) is 7.84. The monoisotopic (exact) mass is 478 g/mol. The molecule has 0 unspecified atom stereocenters. The van der Waals surface area contributed by atoms with Crippen LogP contribution < -0.4 is 10.1 Å². The zero-order chi connectivity index (χ0) is 23.9. The summed E-state index contributed by atoms with van der Waals surface area (Å²) in [6.07, 6.45) is 4.25. The topological polar surface area (TPSA) is 111 Å². The first-order valence-electron chi connectivity index (χ1n) is 11.1. The van der Waals surface area contributed by atoms with Crippen LogP contribution >= 0.6 is 0 Å². The normalized spacial score (nSPS) is 17.2. The molecule has 176 valence electrons. The molecule has 0 amide bonds. The van der Waals surface area contributed by atoms with Gasteiger partial charge in [-0.05, 0) is 51.0 Å². The third-order valence-electron chi connectivity index (χ3n) is 5.80. The molecule has 4 aromatic heterocycles. The fraction of sp³-hybridized carbons (Fsp3) is 0.333. The smallest absolute Gasteiger partial charge is 0.154 e. The highest BCUT2D eigenvalue weighted by Crippen LogP contribution is 2.32. The molecule has 0 aromatic carbocycles. The highest BCUT2D eigenvalue weighted by atomic mass is 32.2. The molecule has 1 saturated heterocycles. The molecule has 1 fully saturated rings. The second kappa shape index (κ2) is 8.68. The number of anilines is 2. The summed E-state index contributed by atoms with van der Waals surface area (Å²) in [6, 6.07) is 9.82. The fourth-order valence-electron chi connectivity index (χ4n) is 4.23. The third kappa shape index (κ3) is 4.86. The average Bonchev–Trinajstić information content (AvgIpc) is 3.33. The van der Waals surface area contributed by atoms with Crippen molar-refractivity contribution < 1.29 is 13.2 Å². The number of hydrogen-bond acceptors (Lipinski definition) is 8. The van der Waals surface area contributed by atoms with Crippen molar-refractivity contribution >= 4 is 27.0 Å². The SMILES string of the molecule is Cc1cc(-c2ccn3nc(Nc4cc(C)nc(C)n4)cc3c2)c(OC[C@@H]2CCS(=O)(=O)C2)cn1. The van der Waals surface area contributed by atoms with E-state index in [0.29, 0.717) is 36.2 Å². The molecular weight excluding hydrogens is 452 g/mol. The molecule has 4 aromatic rings. The van der Waals surface area contributed by atoms with Gasteiger partial charge in [-0.25, -0.2) is 22.9 Å². The number of rotatable bonds is 6. The minimum Gasteiger partial charge on any atom is -0.491 e. The number of nitrogens with one attached hydrogen (secondary N) is 1. The first kappa shape index (κ1) is 22.3. The van der Waals surface area contributed by atoms with Gasteiger partial charge in [0.15, 0.2) is 15.7 Å². The molecule has 1 N–H and O–H groups in total. The number of hydrogen-bond donors (Lipinski definition) is 1. The van der Waals surface area contributed by atoms with Gasteiger partial charge < -0.3 is 10.1 Å². The van der Waals surface area contributed by atoms with Crippen LogP contribution in [-0.4, -0.2) is 51.1 Å². The molecule has 1 atom stereocenters. The van der Waals surface area contributed by atoms with Gasteiger partial charge in [-0.2, -0.15) is 5.10 Å². The Morgan fingerprint density at radius 2 is 1.94 bits per heavy atom. The van der Waals surface area contributed by atoms with E-state index in [9.17, 15) is 8.42 Å². The number of aromatic nitrogens is 5. The van der Waals surface area contributed by atoms with Crippen LogP contribution in [0.3, 0.4) is 0 Å². The van der Waals surface area contributed by atoms with Crippen molar-refractivity contribution in [3.05, 3.63) is 59.9 Å². The van der Waals surface area contributed by atoms with E-state index < -0.39 is 9.84 Å². The van der Waals surface area contributed by atoms with Gasteiger partial charge in [0.2, 0.25) is 0 Å². The van der Waals surface area contributed by atoms with Gasteiger partial charge in [-0.15, -0.1) is 0 Å². The Balaban J connectivity index is 1.41. The van der Waals surface area contributed by atoms with E-state index in [-0.39, 0.29) is 17.4 Å². The Hall–Kier alpha value is -3.53. The van der Waals surface area contributed by atoms with E-state index in [1.807, 2.05) is 57.3 Å². The van der Waals surface area contributed by atoms with Crippen molar-refractivity contribution in [1.82, 2.24) is 24.6 Å². The van der Waals surface area contributed by atoms with E-state index in [0.717, 1.165) is 28.0 Å². The molecule has 0 saturated carbocycles. The zero-order valence-electron chi connectivity index (χ0n) is 19.3. The van der Waals surface area contributed by atoms with Gasteiger partial charge in [0, 0.05) is 41.2 Å². The van der Waals surface area contributed by atoms with Crippen LogP contribution in [0.5, 0.6) is 5.75 Å². The largest absolute Gasteiger partial charge is 0.491 e. The lowest BCUT2D eigenvalue weighted by atomic mass is 10.1. The number of ether oxygens (including phenoxy) is 1. The number of pyridine rings is 2. The van der Waals surface area contributed by atoms with Gasteiger partial charge in [-0.1, -0.05) is 0 Å². The summed E-state index contributed by atoms with van der Waals surface area (Å²) in [7, 11) is -2.94. The molecule has 1 aliphatic heterocycles. The van der Waals surface area contributed by atoms with E-state index >= 15 is 0 Å². The number of nitrogens with zero attached hydrogens (tertiary/aromatic N) is 5. The molecule has 9 nitrogen and oxygen atoms in total. The highest BCUT2D eigenvalue weighted by Gasteiger charge is 2.28. The van der Waals surface area contributed by atoms with E-state index in [1.54, 1.807) is 10.7 Å². The Labute approximate surface area is 198 Å². The lowest BCUT2D eigenvalue weighted by Crippen LogP contribution is -2.14. The van der Waals surface area contributed by atoms with Gasteiger partial charge in [-0.3, -0.25) is 4.98 Å². The van der Waals surface area contributed by atoms with Gasteiger partial charge in [0.25, 0.3) is 0 Å². The quantitative estimate of drug-likeness (QED) is 0.447. The zero-order valence-corrected chi connectivity index (χ0v) is 20.1. The molecule has 5 rings (SSSR count). The lowest BCUT2D eigenvalue weighted by molar-refractivity contribution is 0.263. The molecule has 0 spiro atoms. The van der Waals surface area contributed by atoms with E-state index in [1.165, 1.54) is 0 Å². The molecule has 0 aliphatic carbocycles. The van der Waals surface area contributed by atoms with Gasteiger partial charge >= 0.3 is 0 Å². The van der Waals surface area contributed by atoms with E-state index in [2.05, 4.69) is 25.4 Å². The summed E-state index contributed by atoms with van der Waals surface area (Å²) in [5.41, 5.74) is 4.54. The first-order valence-corrected chi connectivity index (χ1v) is 13.0. The summed E-state index contributed by atoms with van der Waals surface area (Å²) < 4.78 is 31.4. The van der Waals surface area contributed by atoms with Crippen molar-refractivity contribution in [1.29, 1.82) is 0 Å². The van der Waals surface area contributed by atoms with Gasteiger partial charge in [0.1, 0.15) is 17.4 Å². The van der Waals surface area contributed by atoms with E-state index in [4.69, 9.17) is 4.74 Å². The van der Waals surface area contributed by atoms with Gasteiger partial charge in [0.05, 0.1) is 29.8 Å². The van der Waals surface area contributed by atoms with Crippen LogP contribution in [0.2, 0.25) is 0 Å². The molecule has 10 heteroatoms. The first-order chi connectivity index (χ1) is 16.2. The van der Waals surface area contributed by atoms with Crippen molar-refractivity contribution in [2.45, 2.75) is 27.2 Å². The maximum Gasteiger partial charge on any atom is 0.154 e. The van der Waals surface area contributed by atoms with Crippen LogP contribution in [0.1, 0.15) is 23.6 Å². The number of fused-ring (bicyclic) bond motifs is 1. The van der Waals surface area contributed by atoms with Crippen LogP contribution in [0.25, 0.3) is 16.6 Å². The third-order valence-corrected chi connectivity index (χ3v) is 7.64. The second-order valence-corrected chi connectivity index (χ2v) is 11.0. The second-order valence-electron chi connectivity index (χ2n) is 8.78. The molecular formula is C24H26N6O3S. The number of sulfone groups is 1.